The highest BCUT2D eigenvalue weighted by Crippen LogP contribution is 2.29. The zero-order chi connectivity index (χ0) is 19.6. The molecule has 2 heterocycles. The van der Waals surface area contributed by atoms with Crippen molar-refractivity contribution in [2.45, 2.75) is 33.3 Å². The molecule has 0 fully saturated rings. The maximum absolute atomic E-state index is 13.0. The van der Waals surface area contributed by atoms with E-state index in [1.807, 2.05) is 37.3 Å². The van der Waals surface area contributed by atoms with Gasteiger partial charge < -0.3 is 4.74 Å². The maximum Gasteiger partial charge on any atom is 0.422 e. The van der Waals surface area contributed by atoms with Gasteiger partial charge >= 0.3 is 6.09 Å². The third-order valence-electron chi connectivity index (χ3n) is 3.47. The highest BCUT2D eigenvalue weighted by atomic mass is 35.5. The van der Waals surface area contributed by atoms with Gasteiger partial charge in [0.2, 0.25) is 0 Å². The van der Waals surface area contributed by atoms with E-state index in [2.05, 4.69) is 15.3 Å². The standard InChI is InChI=1S/C19H20ClN5O2/c1-13-12-17(25(23-13)14-8-6-5-7-9-14)24(18(26)27-19(2,3)4)16-11-10-15(20)21-22-16/h5-12H,1-4H3. The lowest BCUT2D eigenvalue weighted by Gasteiger charge is -2.26. The number of rotatable bonds is 3. The molecule has 1 amide bonds. The van der Waals surface area contributed by atoms with Crippen molar-refractivity contribution in [3.05, 3.63) is 59.4 Å². The largest absolute Gasteiger partial charge is 0.443 e. The third kappa shape index (κ3) is 4.43. The number of nitrogens with zero attached hydrogens (tertiary/aromatic N) is 5. The van der Waals surface area contributed by atoms with E-state index < -0.39 is 11.7 Å². The van der Waals surface area contributed by atoms with Crippen LogP contribution in [0.1, 0.15) is 26.5 Å². The number of carbonyl (C=O) groups is 1. The fraction of sp³-hybridized carbons (Fsp3) is 0.263. The lowest BCUT2D eigenvalue weighted by Crippen LogP contribution is -2.35. The fourth-order valence-corrected chi connectivity index (χ4v) is 2.55. The molecule has 0 bridgehead atoms. The first kappa shape index (κ1) is 18.8. The molecule has 3 aromatic rings. The molecule has 0 N–H and O–H groups in total. The minimum Gasteiger partial charge on any atom is -0.443 e. The normalized spacial score (nSPS) is 11.3. The summed E-state index contributed by atoms with van der Waals surface area (Å²) in [5.74, 6) is 0.773. The molecule has 1 aromatic carbocycles. The summed E-state index contributed by atoms with van der Waals surface area (Å²) < 4.78 is 7.25. The predicted octanol–water partition coefficient (Wildman–Crippen LogP) is 4.70. The van der Waals surface area contributed by atoms with E-state index in [0.29, 0.717) is 5.82 Å². The Labute approximate surface area is 162 Å². The summed E-state index contributed by atoms with van der Waals surface area (Å²) in [6.45, 7) is 7.26. The molecule has 2 aromatic heterocycles. The summed E-state index contributed by atoms with van der Waals surface area (Å²) in [6, 6.07) is 14.5. The van der Waals surface area contributed by atoms with Crippen LogP contribution in [0.2, 0.25) is 5.15 Å². The molecule has 0 unspecified atom stereocenters. The highest BCUT2D eigenvalue weighted by molar-refractivity contribution is 6.29. The van der Waals surface area contributed by atoms with Crippen molar-refractivity contribution >= 4 is 29.3 Å². The minimum atomic E-state index is -0.679. The van der Waals surface area contributed by atoms with Gasteiger partial charge in [-0.1, -0.05) is 29.8 Å². The van der Waals surface area contributed by atoms with E-state index in [1.165, 1.54) is 4.90 Å². The Balaban J connectivity index is 2.14. The van der Waals surface area contributed by atoms with Crippen molar-refractivity contribution in [1.29, 1.82) is 0 Å². The molecule has 0 aliphatic heterocycles. The lowest BCUT2D eigenvalue weighted by atomic mass is 10.2. The molecule has 8 heteroatoms. The number of carbonyl (C=O) groups excluding carboxylic acids is 1. The topological polar surface area (TPSA) is 73.1 Å². The van der Waals surface area contributed by atoms with Gasteiger partial charge in [0.05, 0.1) is 11.4 Å². The summed E-state index contributed by atoms with van der Waals surface area (Å²) in [5, 5.41) is 12.7. The number of para-hydroxylation sites is 1. The van der Waals surface area contributed by atoms with Gasteiger partial charge in [-0.25, -0.2) is 14.4 Å². The Morgan fingerprint density at radius 1 is 1.11 bits per heavy atom. The van der Waals surface area contributed by atoms with Crippen LogP contribution in [0.4, 0.5) is 16.4 Å². The van der Waals surface area contributed by atoms with Gasteiger partial charge in [0.1, 0.15) is 11.4 Å². The van der Waals surface area contributed by atoms with Crippen molar-refractivity contribution in [1.82, 2.24) is 20.0 Å². The number of hydrogen-bond donors (Lipinski definition) is 0. The summed E-state index contributed by atoms with van der Waals surface area (Å²) in [7, 11) is 0. The van der Waals surface area contributed by atoms with Crippen LogP contribution in [0.3, 0.4) is 0 Å². The Hall–Kier alpha value is -2.93. The number of amides is 1. The number of aryl methyl sites for hydroxylation is 1. The van der Waals surface area contributed by atoms with Crippen LogP contribution in [0, 0.1) is 6.92 Å². The number of aromatic nitrogens is 4. The van der Waals surface area contributed by atoms with Gasteiger partial charge in [0.25, 0.3) is 0 Å². The maximum atomic E-state index is 13.0. The van der Waals surface area contributed by atoms with Crippen LogP contribution >= 0.6 is 11.6 Å². The van der Waals surface area contributed by atoms with E-state index in [1.54, 1.807) is 43.7 Å². The smallest absolute Gasteiger partial charge is 0.422 e. The molecule has 140 valence electrons. The molecule has 0 radical (unpaired) electrons. The van der Waals surface area contributed by atoms with Crippen LogP contribution in [0.5, 0.6) is 0 Å². The van der Waals surface area contributed by atoms with Gasteiger partial charge in [0.15, 0.2) is 11.0 Å². The van der Waals surface area contributed by atoms with Crippen LogP contribution in [0.15, 0.2) is 48.5 Å². The molecule has 0 aliphatic carbocycles. The van der Waals surface area contributed by atoms with Gasteiger partial charge in [0, 0.05) is 6.07 Å². The van der Waals surface area contributed by atoms with Crippen molar-refractivity contribution in [3.63, 3.8) is 0 Å². The van der Waals surface area contributed by atoms with E-state index in [-0.39, 0.29) is 11.0 Å². The van der Waals surface area contributed by atoms with E-state index >= 15 is 0 Å². The number of anilines is 2. The highest BCUT2D eigenvalue weighted by Gasteiger charge is 2.29. The summed E-state index contributed by atoms with van der Waals surface area (Å²) in [6.07, 6.45) is -0.587. The molecule has 0 aliphatic rings. The van der Waals surface area contributed by atoms with Crippen LogP contribution < -0.4 is 4.90 Å². The average Bonchev–Trinajstić information content (AvgIpc) is 2.97. The molecule has 7 nitrogen and oxygen atoms in total. The van der Waals surface area contributed by atoms with E-state index in [4.69, 9.17) is 16.3 Å². The Bertz CT molecular complexity index is 933. The molecular formula is C19H20ClN5O2. The van der Waals surface area contributed by atoms with Crippen molar-refractivity contribution in [2.24, 2.45) is 0 Å². The minimum absolute atomic E-state index is 0.232. The quantitative estimate of drug-likeness (QED) is 0.653. The first-order chi connectivity index (χ1) is 12.7. The van der Waals surface area contributed by atoms with Crippen LogP contribution in [0.25, 0.3) is 5.69 Å². The Morgan fingerprint density at radius 2 is 1.81 bits per heavy atom. The monoisotopic (exact) mass is 385 g/mol. The van der Waals surface area contributed by atoms with Crippen LogP contribution in [-0.2, 0) is 4.74 Å². The number of ether oxygens (including phenoxy) is 1. The van der Waals surface area contributed by atoms with Crippen molar-refractivity contribution < 1.29 is 9.53 Å². The lowest BCUT2D eigenvalue weighted by molar-refractivity contribution is 0.0596. The first-order valence-corrected chi connectivity index (χ1v) is 8.77. The molecule has 3 rings (SSSR count). The van der Waals surface area contributed by atoms with Crippen LogP contribution in [-0.4, -0.2) is 31.7 Å². The molecule has 0 saturated heterocycles. The van der Waals surface area contributed by atoms with Gasteiger partial charge in [-0.15, -0.1) is 10.2 Å². The third-order valence-corrected chi connectivity index (χ3v) is 3.67. The molecule has 27 heavy (non-hydrogen) atoms. The average molecular weight is 386 g/mol. The van der Waals surface area contributed by atoms with E-state index in [9.17, 15) is 4.79 Å². The Morgan fingerprint density at radius 3 is 2.41 bits per heavy atom. The first-order valence-electron chi connectivity index (χ1n) is 8.39. The number of benzene rings is 1. The summed E-state index contributed by atoms with van der Waals surface area (Å²) in [4.78, 5) is 14.3. The van der Waals surface area contributed by atoms with Gasteiger partial charge in [-0.2, -0.15) is 5.10 Å². The predicted molar refractivity (Wildman–Crippen MR) is 104 cm³/mol. The second kappa shape index (κ2) is 7.36. The summed E-state index contributed by atoms with van der Waals surface area (Å²) in [5.41, 5.74) is 0.863. The van der Waals surface area contributed by atoms with Crippen molar-refractivity contribution in [2.75, 3.05) is 4.90 Å². The molecule has 0 spiro atoms. The van der Waals surface area contributed by atoms with Crippen molar-refractivity contribution in [3.8, 4) is 5.69 Å². The fourth-order valence-electron chi connectivity index (χ4n) is 2.44. The zero-order valence-electron chi connectivity index (χ0n) is 15.5. The number of halogens is 1. The second-order valence-corrected chi connectivity index (χ2v) is 7.31. The molecule has 0 atom stereocenters. The Kier molecular flexibility index (Phi) is 5.14. The zero-order valence-corrected chi connectivity index (χ0v) is 16.3. The molecule has 0 saturated carbocycles. The number of hydrogen-bond acceptors (Lipinski definition) is 5. The summed E-state index contributed by atoms with van der Waals surface area (Å²) >= 11 is 5.85. The second-order valence-electron chi connectivity index (χ2n) is 6.92. The SMILES string of the molecule is Cc1cc(N(C(=O)OC(C)(C)C)c2ccc(Cl)nn2)n(-c2ccccc2)n1. The van der Waals surface area contributed by atoms with Gasteiger partial charge in [-0.3, -0.25) is 0 Å². The van der Waals surface area contributed by atoms with Gasteiger partial charge in [-0.05, 0) is 52.0 Å². The molecular weight excluding hydrogens is 366 g/mol. The van der Waals surface area contributed by atoms with E-state index in [0.717, 1.165) is 11.4 Å².